The van der Waals surface area contributed by atoms with Gasteiger partial charge in [0.2, 0.25) is 0 Å². The molecule has 7 nitrogen and oxygen atoms in total. The average Bonchev–Trinajstić information content (AvgIpc) is 2.99. The molecule has 1 aliphatic rings. The summed E-state index contributed by atoms with van der Waals surface area (Å²) in [5, 5.41) is 2.48. The Morgan fingerprint density at radius 3 is 2.60 bits per heavy atom. The van der Waals surface area contributed by atoms with Crippen LogP contribution in [0.5, 0.6) is 11.5 Å². The fourth-order valence-electron chi connectivity index (χ4n) is 2.74. The Hall–Kier alpha value is -2.53. The highest BCUT2D eigenvalue weighted by Gasteiger charge is 2.33. The summed E-state index contributed by atoms with van der Waals surface area (Å²) in [4.78, 5) is 37.9. The Morgan fingerprint density at radius 1 is 1.23 bits per heavy atom. The summed E-state index contributed by atoms with van der Waals surface area (Å²) >= 11 is 2.99. The lowest BCUT2D eigenvalue weighted by Crippen LogP contribution is -2.27. The third-order valence-corrected chi connectivity index (χ3v) is 5.85. The lowest BCUT2D eigenvalue weighted by Gasteiger charge is -2.14. The Bertz CT molecular complexity index is 1010. The zero-order valence-electron chi connectivity index (χ0n) is 16.3. The highest BCUT2D eigenvalue weighted by atomic mass is 127. The number of hydrogen-bond donors (Lipinski definition) is 1. The van der Waals surface area contributed by atoms with Crippen molar-refractivity contribution in [3.05, 3.63) is 56.5 Å². The number of thioether (sulfide) groups is 1. The van der Waals surface area contributed by atoms with Crippen LogP contribution in [0.15, 0.2) is 47.4 Å². The molecular formula is C21H19IN2O5S. The van der Waals surface area contributed by atoms with E-state index >= 15 is 0 Å². The summed E-state index contributed by atoms with van der Waals surface area (Å²) in [6, 6.07) is 12.6. The number of carbonyl (C=O) groups is 3. The van der Waals surface area contributed by atoms with Gasteiger partial charge in [0.15, 0.2) is 18.1 Å². The first-order valence-electron chi connectivity index (χ1n) is 9.03. The van der Waals surface area contributed by atoms with Gasteiger partial charge in [0.05, 0.1) is 15.6 Å². The van der Waals surface area contributed by atoms with E-state index in [0.717, 1.165) is 11.8 Å². The van der Waals surface area contributed by atoms with Crippen LogP contribution in [0.2, 0.25) is 0 Å². The van der Waals surface area contributed by atoms with Gasteiger partial charge < -0.3 is 14.8 Å². The zero-order valence-corrected chi connectivity index (χ0v) is 19.3. The van der Waals surface area contributed by atoms with Crippen LogP contribution in [-0.2, 0) is 9.59 Å². The van der Waals surface area contributed by atoms with Gasteiger partial charge in [-0.2, -0.15) is 0 Å². The van der Waals surface area contributed by atoms with Crippen molar-refractivity contribution in [3.63, 3.8) is 0 Å². The molecule has 1 heterocycles. The standard InChI is InChI=1S/C21H19IN2O5S/c1-3-24-20(26)17(30-21(24)27)11-13-9-15(22)19(16(10-13)28-2)29-12-18(25)23-14-7-5-4-6-8-14/h4-11H,3,12H2,1-2H3,(H,23,25)/b17-11+. The number of ether oxygens (including phenoxy) is 2. The molecule has 156 valence electrons. The van der Waals surface area contributed by atoms with Gasteiger partial charge in [-0.1, -0.05) is 18.2 Å². The van der Waals surface area contributed by atoms with Crippen molar-refractivity contribution in [2.24, 2.45) is 0 Å². The molecule has 2 aromatic carbocycles. The molecule has 0 atom stereocenters. The predicted octanol–water partition coefficient (Wildman–Crippen LogP) is 4.37. The first-order valence-corrected chi connectivity index (χ1v) is 10.9. The Kier molecular flexibility index (Phi) is 7.38. The van der Waals surface area contributed by atoms with Crippen LogP contribution in [0.4, 0.5) is 10.5 Å². The van der Waals surface area contributed by atoms with Gasteiger partial charge in [0.1, 0.15) is 0 Å². The maximum absolute atomic E-state index is 12.3. The van der Waals surface area contributed by atoms with Crippen LogP contribution >= 0.6 is 34.4 Å². The Labute approximate surface area is 191 Å². The topological polar surface area (TPSA) is 84.9 Å². The van der Waals surface area contributed by atoms with E-state index in [2.05, 4.69) is 27.9 Å². The Balaban J connectivity index is 1.74. The number of para-hydroxylation sites is 1. The highest BCUT2D eigenvalue weighted by molar-refractivity contribution is 14.1. The van der Waals surface area contributed by atoms with Gasteiger partial charge in [-0.15, -0.1) is 0 Å². The molecule has 0 aliphatic carbocycles. The number of imide groups is 1. The van der Waals surface area contributed by atoms with Crippen LogP contribution in [0, 0.1) is 3.57 Å². The molecule has 1 aliphatic heterocycles. The minimum Gasteiger partial charge on any atom is -0.493 e. The van der Waals surface area contributed by atoms with E-state index in [4.69, 9.17) is 9.47 Å². The molecule has 0 radical (unpaired) electrons. The van der Waals surface area contributed by atoms with Crippen molar-refractivity contribution in [2.75, 3.05) is 25.6 Å². The molecule has 0 saturated carbocycles. The SMILES string of the molecule is CCN1C(=O)S/C(=C/c2cc(I)c(OCC(=O)Nc3ccccc3)c(OC)c2)C1=O. The van der Waals surface area contributed by atoms with Gasteiger partial charge >= 0.3 is 0 Å². The summed E-state index contributed by atoms with van der Waals surface area (Å²) in [7, 11) is 1.50. The van der Waals surface area contributed by atoms with Gasteiger partial charge in [0, 0.05) is 12.2 Å². The summed E-state index contributed by atoms with van der Waals surface area (Å²) in [5.74, 6) is 0.256. The molecule has 1 fully saturated rings. The summed E-state index contributed by atoms with van der Waals surface area (Å²) < 4.78 is 11.8. The second kappa shape index (κ2) is 9.98. The van der Waals surface area contributed by atoms with Crippen molar-refractivity contribution in [1.29, 1.82) is 0 Å². The quantitative estimate of drug-likeness (QED) is 0.417. The van der Waals surface area contributed by atoms with E-state index in [1.807, 2.05) is 18.2 Å². The van der Waals surface area contributed by atoms with Crippen molar-refractivity contribution in [1.82, 2.24) is 4.90 Å². The summed E-state index contributed by atoms with van der Waals surface area (Å²) in [6.45, 7) is 1.90. The van der Waals surface area contributed by atoms with Gasteiger partial charge in [-0.25, -0.2) is 0 Å². The molecular weight excluding hydrogens is 519 g/mol. The smallest absolute Gasteiger partial charge is 0.293 e. The number of hydrogen-bond acceptors (Lipinski definition) is 6. The second-order valence-corrected chi connectivity index (χ2v) is 8.32. The normalized spacial score (nSPS) is 14.9. The number of halogens is 1. The van der Waals surface area contributed by atoms with Gasteiger partial charge in [-0.05, 0) is 77.2 Å². The van der Waals surface area contributed by atoms with E-state index in [9.17, 15) is 14.4 Å². The first kappa shape index (κ1) is 22.2. The van der Waals surface area contributed by atoms with Crippen LogP contribution in [0.3, 0.4) is 0 Å². The maximum Gasteiger partial charge on any atom is 0.293 e. The molecule has 1 N–H and O–H groups in total. The number of methoxy groups -OCH3 is 1. The summed E-state index contributed by atoms with van der Waals surface area (Å²) in [5.41, 5.74) is 1.38. The maximum atomic E-state index is 12.3. The number of rotatable bonds is 7. The largest absolute Gasteiger partial charge is 0.493 e. The fraction of sp³-hybridized carbons (Fsp3) is 0.190. The number of nitrogens with one attached hydrogen (secondary N) is 1. The van der Waals surface area contributed by atoms with Crippen molar-refractivity contribution in [3.8, 4) is 11.5 Å². The van der Waals surface area contributed by atoms with Crippen molar-refractivity contribution in [2.45, 2.75) is 6.92 Å². The number of carbonyl (C=O) groups excluding carboxylic acids is 3. The fourth-order valence-corrected chi connectivity index (χ4v) is 4.43. The second-order valence-electron chi connectivity index (χ2n) is 6.16. The number of likely N-dealkylation sites (N-methyl/N-ethyl adjacent to an activating group) is 1. The van der Waals surface area contributed by atoms with E-state index in [-0.39, 0.29) is 23.7 Å². The lowest BCUT2D eigenvalue weighted by atomic mass is 10.2. The third kappa shape index (κ3) is 5.14. The van der Waals surface area contributed by atoms with E-state index < -0.39 is 0 Å². The van der Waals surface area contributed by atoms with Gasteiger partial charge in [0.25, 0.3) is 17.1 Å². The summed E-state index contributed by atoms with van der Waals surface area (Å²) in [6.07, 6.45) is 1.65. The number of nitrogens with zero attached hydrogens (tertiary/aromatic N) is 1. The minimum absolute atomic E-state index is 0.185. The molecule has 0 spiro atoms. The zero-order chi connectivity index (χ0) is 21.7. The third-order valence-electron chi connectivity index (χ3n) is 4.14. The van der Waals surface area contributed by atoms with Crippen LogP contribution in [0.1, 0.15) is 12.5 Å². The molecule has 2 aromatic rings. The minimum atomic E-state index is -0.306. The molecule has 9 heteroatoms. The van der Waals surface area contributed by atoms with E-state index in [1.165, 1.54) is 12.0 Å². The first-order chi connectivity index (χ1) is 14.4. The van der Waals surface area contributed by atoms with Crippen LogP contribution in [0.25, 0.3) is 6.08 Å². The number of anilines is 1. The molecule has 30 heavy (non-hydrogen) atoms. The van der Waals surface area contributed by atoms with Crippen molar-refractivity contribution >= 4 is 63.2 Å². The number of amides is 3. The Morgan fingerprint density at radius 2 is 1.97 bits per heavy atom. The molecule has 1 saturated heterocycles. The lowest BCUT2D eigenvalue weighted by molar-refractivity contribution is -0.122. The monoisotopic (exact) mass is 538 g/mol. The van der Waals surface area contributed by atoms with Crippen LogP contribution < -0.4 is 14.8 Å². The predicted molar refractivity (Wildman–Crippen MR) is 125 cm³/mol. The molecule has 0 aromatic heterocycles. The van der Waals surface area contributed by atoms with Crippen molar-refractivity contribution < 1.29 is 23.9 Å². The van der Waals surface area contributed by atoms with Gasteiger partial charge in [-0.3, -0.25) is 19.3 Å². The number of benzene rings is 2. The molecule has 3 amide bonds. The van der Waals surface area contributed by atoms with Crippen LogP contribution in [-0.4, -0.2) is 42.2 Å². The van der Waals surface area contributed by atoms with E-state index in [0.29, 0.717) is 37.8 Å². The average molecular weight is 538 g/mol. The molecule has 0 bridgehead atoms. The highest BCUT2D eigenvalue weighted by Crippen LogP contribution is 2.37. The molecule has 0 unspecified atom stereocenters. The molecule has 3 rings (SSSR count). The van der Waals surface area contributed by atoms with E-state index in [1.54, 1.807) is 37.3 Å².